The van der Waals surface area contributed by atoms with Crippen molar-refractivity contribution in [1.82, 2.24) is 20.1 Å². The van der Waals surface area contributed by atoms with E-state index in [1.165, 1.54) is 11.8 Å². The van der Waals surface area contributed by atoms with Gasteiger partial charge < -0.3 is 19.5 Å². The summed E-state index contributed by atoms with van der Waals surface area (Å²) in [6.45, 7) is 1.10. The van der Waals surface area contributed by atoms with E-state index in [0.717, 1.165) is 32.1 Å². The van der Waals surface area contributed by atoms with Gasteiger partial charge in [-0.15, -0.1) is 0 Å². The fraction of sp³-hybridized carbons (Fsp3) is 0.241. The first-order chi connectivity index (χ1) is 19.1. The van der Waals surface area contributed by atoms with Crippen LogP contribution in [-0.2, 0) is 25.7 Å². The van der Waals surface area contributed by atoms with Crippen LogP contribution in [-0.4, -0.2) is 60.6 Å². The maximum Gasteiger partial charge on any atom is 0.309 e. The molecule has 2 aromatic heterocycles. The molecule has 2 aromatic carbocycles. The third-order valence-electron chi connectivity index (χ3n) is 5.67. The SMILES string of the molecule is CNC(=O)c1ccccc1Sc1ccc2c(/C=C/c3ccccn3)nn(COC(=O)CCOCCOC)c2c1. The second-order valence-electron chi connectivity index (χ2n) is 8.33. The Morgan fingerprint density at radius 3 is 2.67 bits per heavy atom. The van der Waals surface area contributed by atoms with Gasteiger partial charge in [0.25, 0.3) is 5.91 Å². The Morgan fingerprint density at radius 2 is 1.87 bits per heavy atom. The van der Waals surface area contributed by atoms with E-state index in [9.17, 15) is 9.59 Å². The number of methoxy groups -OCH3 is 1. The van der Waals surface area contributed by atoms with Crippen LogP contribution in [0.25, 0.3) is 23.1 Å². The number of fused-ring (bicyclic) bond motifs is 1. The molecule has 39 heavy (non-hydrogen) atoms. The van der Waals surface area contributed by atoms with Gasteiger partial charge in [-0.05, 0) is 54.6 Å². The number of esters is 1. The molecule has 0 spiro atoms. The van der Waals surface area contributed by atoms with Crippen molar-refractivity contribution >= 4 is 46.7 Å². The van der Waals surface area contributed by atoms with E-state index in [-0.39, 0.29) is 31.6 Å². The molecule has 2 heterocycles. The van der Waals surface area contributed by atoms with Gasteiger partial charge in [0.15, 0.2) is 6.73 Å². The molecule has 1 N–H and O–H groups in total. The average molecular weight is 547 g/mol. The lowest BCUT2D eigenvalue weighted by molar-refractivity contribution is -0.149. The molecule has 0 atom stereocenters. The van der Waals surface area contributed by atoms with Crippen LogP contribution in [0.5, 0.6) is 0 Å². The van der Waals surface area contributed by atoms with E-state index in [4.69, 9.17) is 19.3 Å². The van der Waals surface area contributed by atoms with Crippen molar-refractivity contribution in [2.75, 3.05) is 34.0 Å². The van der Waals surface area contributed by atoms with Crippen molar-refractivity contribution in [1.29, 1.82) is 0 Å². The van der Waals surface area contributed by atoms with Gasteiger partial charge in [-0.3, -0.25) is 14.6 Å². The van der Waals surface area contributed by atoms with Crippen molar-refractivity contribution < 1.29 is 23.8 Å². The van der Waals surface area contributed by atoms with Crippen molar-refractivity contribution in [2.45, 2.75) is 22.9 Å². The Balaban J connectivity index is 1.58. The number of hydrogen-bond donors (Lipinski definition) is 1. The van der Waals surface area contributed by atoms with Crippen molar-refractivity contribution in [3.8, 4) is 0 Å². The molecule has 9 nitrogen and oxygen atoms in total. The van der Waals surface area contributed by atoms with E-state index in [2.05, 4.69) is 10.3 Å². The monoisotopic (exact) mass is 546 g/mol. The minimum absolute atomic E-state index is 0.0478. The minimum Gasteiger partial charge on any atom is -0.442 e. The van der Waals surface area contributed by atoms with Crippen LogP contribution in [0.3, 0.4) is 0 Å². The number of hydrogen-bond acceptors (Lipinski definition) is 8. The second kappa shape index (κ2) is 14.2. The van der Waals surface area contributed by atoms with E-state index >= 15 is 0 Å². The molecule has 0 fully saturated rings. The topological polar surface area (TPSA) is 105 Å². The van der Waals surface area contributed by atoms with Gasteiger partial charge in [-0.2, -0.15) is 5.10 Å². The number of amides is 1. The first-order valence-corrected chi connectivity index (χ1v) is 13.2. The molecule has 10 heteroatoms. The molecule has 202 valence electrons. The van der Waals surface area contributed by atoms with Crippen LogP contribution >= 0.6 is 11.8 Å². The van der Waals surface area contributed by atoms with Crippen LogP contribution in [0.15, 0.2) is 76.7 Å². The summed E-state index contributed by atoms with van der Waals surface area (Å²) >= 11 is 1.48. The quantitative estimate of drug-likeness (QED) is 0.191. The Morgan fingerprint density at radius 1 is 1.03 bits per heavy atom. The second-order valence-corrected chi connectivity index (χ2v) is 9.44. The van der Waals surface area contributed by atoms with Gasteiger partial charge in [0.1, 0.15) is 0 Å². The van der Waals surface area contributed by atoms with Crippen molar-refractivity contribution in [3.05, 3.63) is 83.8 Å². The summed E-state index contributed by atoms with van der Waals surface area (Å²) in [5.41, 5.74) is 2.91. The van der Waals surface area contributed by atoms with Crippen LogP contribution in [0.4, 0.5) is 0 Å². The molecule has 0 saturated heterocycles. The summed E-state index contributed by atoms with van der Waals surface area (Å²) in [4.78, 5) is 30.7. The molecule has 0 aliphatic heterocycles. The number of ether oxygens (including phenoxy) is 3. The summed E-state index contributed by atoms with van der Waals surface area (Å²) < 4.78 is 17.4. The summed E-state index contributed by atoms with van der Waals surface area (Å²) in [6.07, 6.45) is 5.64. The highest BCUT2D eigenvalue weighted by molar-refractivity contribution is 7.99. The van der Waals surface area contributed by atoms with Gasteiger partial charge in [0, 0.05) is 35.5 Å². The Labute approximate surface area is 231 Å². The summed E-state index contributed by atoms with van der Waals surface area (Å²) in [5.74, 6) is -0.532. The zero-order valence-corrected chi connectivity index (χ0v) is 22.6. The number of carbonyl (C=O) groups excluding carboxylic acids is 2. The third-order valence-corrected chi connectivity index (χ3v) is 6.73. The number of benzene rings is 2. The van der Waals surface area contributed by atoms with Gasteiger partial charge in [-0.25, -0.2) is 4.68 Å². The van der Waals surface area contributed by atoms with Crippen LogP contribution in [0, 0.1) is 0 Å². The highest BCUT2D eigenvalue weighted by Gasteiger charge is 2.14. The molecule has 0 aliphatic carbocycles. The lowest BCUT2D eigenvalue weighted by Gasteiger charge is -2.09. The Kier molecular flexibility index (Phi) is 10.2. The normalized spacial score (nSPS) is 11.2. The molecular weight excluding hydrogens is 516 g/mol. The Hall–Kier alpha value is -3.99. The van der Waals surface area contributed by atoms with E-state index in [0.29, 0.717) is 18.8 Å². The predicted octanol–water partition coefficient (Wildman–Crippen LogP) is 4.67. The van der Waals surface area contributed by atoms with Crippen LogP contribution in [0.1, 0.15) is 28.2 Å². The number of nitrogens with zero attached hydrogens (tertiary/aromatic N) is 3. The lowest BCUT2D eigenvalue weighted by Crippen LogP contribution is -2.18. The molecular formula is C29H30N4O5S. The van der Waals surface area contributed by atoms with Crippen LogP contribution < -0.4 is 5.32 Å². The van der Waals surface area contributed by atoms with E-state index in [1.807, 2.05) is 66.7 Å². The highest BCUT2D eigenvalue weighted by Crippen LogP contribution is 2.33. The molecule has 0 aliphatic rings. The molecule has 0 radical (unpaired) electrons. The maximum atomic E-state index is 12.3. The maximum absolute atomic E-state index is 12.3. The average Bonchev–Trinajstić information content (AvgIpc) is 3.32. The molecule has 4 aromatic rings. The molecule has 0 saturated carbocycles. The fourth-order valence-corrected chi connectivity index (χ4v) is 4.69. The first-order valence-electron chi connectivity index (χ1n) is 12.4. The molecule has 0 bridgehead atoms. The molecule has 0 unspecified atom stereocenters. The predicted molar refractivity (Wildman–Crippen MR) is 150 cm³/mol. The van der Waals surface area contributed by atoms with Crippen molar-refractivity contribution in [2.24, 2.45) is 0 Å². The van der Waals surface area contributed by atoms with E-state index in [1.54, 1.807) is 31.1 Å². The molecule has 4 rings (SSSR count). The number of nitrogens with one attached hydrogen (secondary N) is 1. The van der Waals surface area contributed by atoms with Crippen molar-refractivity contribution in [3.63, 3.8) is 0 Å². The van der Waals surface area contributed by atoms with Gasteiger partial charge in [0.2, 0.25) is 0 Å². The minimum atomic E-state index is -0.383. The summed E-state index contributed by atoms with van der Waals surface area (Å²) in [7, 11) is 3.21. The zero-order chi connectivity index (χ0) is 27.5. The largest absolute Gasteiger partial charge is 0.442 e. The van der Waals surface area contributed by atoms with E-state index < -0.39 is 0 Å². The standard InChI is InChI=1S/C29H30N4O5S/c1-30-29(35)24-8-3-4-9-27(24)39-22-11-12-23-25(13-10-21-7-5-6-15-31-21)32-33(26(23)19-22)20-38-28(34)14-16-37-18-17-36-2/h3-13,15,19H,14,16-18,20H2,1-2H3,(H,30,35)/b13-10+. The van der Waals surface area contributed by atoms with Gasteiger partial charge >= 0.3 is 5.97 Å². The smallest absolute Gasteiger partial charge is 0.309 e. The lowest BCUT2D eigenvalue weighted by atomic mass is 10.2. The number of rotatable bonds is 13. The summed E-state index contributed by atoms with van der Waals surface area (Å²) in [5, 5.41) is 8.29. The third kappa shape index (κ3) is 7.76. The molecule has 1 amide bonds. The van der Waals surface area contributed by atoms with Gasteiger partial charge in [-0.1, -0.05) is 30.0 Å². The van der Waals surface area contributed by atoms with Gasteiger partial charge in [0.05, 0.1) is 48.7 Å². The first kappa shape index (κ1) is 28.0. The zero-order valence-electron chi connectivity index (χ0n) is 21.8. The van der Waals surface area contributed by atoms with Crippen LogP contribution in [0.2, 0.25) is 0 Å². The Bertz CT molecular complexity index is 1440. The fourth-order valence-electron chi connectivity index (χ4n) is 3.71. The number of aromatic nitrogens is 3. The highest BCUT2D eigenvalue weighted by atomic mass is 32.2. The summed E-state index contributed by atoms with van der Waals surface area (Å²) in [6, 6.07) is 19.1. The number of pyridine rings is 1. The number of carbonyl (C=O) groups is 2.